The molecule has 2 amide bonds. The third-order valence-corrected chi connectivity index (χ3v) is 3.30. The number of urea groups is 1. The van der Waals surface area contributed by atoms with E-state index in [1.165, 1.54) is 25.7 Å². The topological polar surface area (TPSA) is 23.6 Å². The summed E-state index contributed by atoms with van der Waals surface area (Å²) in [5, 5.41) is 0. The first-order valence-electron chi connectivity index (χ1n) is 6.22. The number of likely N-dealkylation sites (tertiary alicyclic amines) is 1. The minimum atomic E-state index is 0.218. The highest BCUT2D eigenvalue weighted by Gasteiger charge is 2.27. The fraction of sp³-hybridized carbons (Fsp3) is 0.917. The summed E-state index contributed by atoms with van der Waals surface area (Å²) in [7, 11) is 1.89. The minimum absolute atomic E-state index is 0.218. The average molecular weight is 212 g/mol. The molecule has 0 N–H and O–H groups in total. The maximum atomic E-state index is 12.1. The van der Waals surface area contributed by atoms with E-state index in [1.54, 1.807) is 0 Å². The second kappa shape index (κ2) is 5.99. The van der Waals surface area contributed by atoms with Gasteiger partial charge < -0.3 is 9.80 Å². The molecule has 3 heteroatoms. The Morgan fingerprint density at radius 2 is 2.13 bits per heavy atom. The lowest BCUT2D eigenvalue weighted by Crippen LogP contribution is -2.49. The van der Waals surface area contributed by atoms with Gasteiger partial charge in [0.15, 0.2) is 0 Å². The van der Waals surface area contributed by atoms with Crippen LogP contribution in [0.5, 0.6) is 0 Å². The van der Waals surface area contributed by atoms with Gasteiger partial charge in [-0.2, -0.15) is 0 Å². The number of rotatable bonds is 3. The molecule has 88 valence electrons. The molecule has 1 unspecified atom stereocenters. The zero-order valence-corrected chi connectivity index (χ0v) is 10.3. The molecular formula is C12H24N2O. The third kappa shape index (κ3) is 3.11. The summed E-state index contributed by atoms with van der Waals surface area (Å²) in [6.45, 7) is 5.97. The molecule has 0 bridgehead atoms. The molecule has 1 saturated heterocycles. The van der Waals surface area contributed by atoms with Crippen LogP contribution in [-0.4, -0.2) is 42.0 Å². The third-order valence-electron chi connectivity index (χ3n) is 3.30. The van der Waals surface area contributed by atoms with Crippen LogP contribution in [0.3, 0.4) is 0 Å². The predicted molar refractivity (Wildman–Crippen MR) is 63.0 cm³/mol. The molecular weight excluding hydrogens is 188 g/mol. The lowest BCUT2D eigenvalue weighted by Gasteiger charge is -2.37. The molecule has 3 nitrogen and oxygen atoms in total. The largest absolute Gasteiger partial charge is 0.328 e. The number of hydrogen-bond acceptors (Lipinski definition) is 1. The van der Waals surface area contributed by atoms with Crippen LogP contribution in [0.1, 0.15) is 46.0 Å². The van der Waals surface area contributed by atoms with Crippen molar-refractivity contribution in [3.8, 4) is 0 Å². The molecule has 0 saturated carbocycles. The van der Waals surface area contributed by atoms with Crippen molar-refractivity contribution in [2.24, 2.45) is 0 Å². The molecule has 1 heterocycles. The molecule has 1 rings (SSSR count). The van der Waals surface area contributed by atoms with Crippen LogP contribution in [0, 0.1) is 0 Å². The summed E-state index contributed by atoms with van der Waals surface area (Å²) in [5.74, 6) is 0. The summed E-state index contributed by atoms with van der Waals surface area (Å²) < 4.78 is 0. The van der Waals surface area contributed by atoms with Crippen molar-refractivity contribution in [1.29, 1.82) is 0 Å². The summed E-state index contributed by atoms with van der Waals surface area (Å²) in [5.41, 5.74) is 0. The SMILES string of the molecule is CCCC1CCCCN1C(=O)N(C)CC. The van der Waals surface area contributed by atoms with Crippen LogP contribution in [0.2, 0.25) is 0 Å². The van der Waals surface area contributed by atoms with E-state index in [0.717, 1.165) is 19.5 Å². The maximum absolute atomic E-state index is 12.1. The minimum Gasteiger partial charge on any atom is -0.328 e. The normalized spacial score (nSPS) is 21.5. The van der Waals surface area contributed by atoms with E-state index in [4.69, 9.17) is 0 Å². The van der Waals surface area contributed by atoms with E-state index in [0.29, 0.717) is 6.04 Å². The quantitative estimate of drug-likeness (QED) is 0.705. The highest BCUT2D eigenvalue weighted by Crippen LogP contribution is 2.21. The number of carbonyl (C=O) groups excluding carboxylic acids is 1. The molecule has 1 fully saturated rings. The van der Waals surface area contributed by atoms with Crippen LogP contribution in [-0.2, 0) is 0 Å². The second-order valence-corrected chi connectivity index (χ2v) is 4.43. The summed E-state index contributed by atoms with van der Waals surface area (Å²) >= 11 is 0. The molecule has 0 aromatic carbocycles. The van der Waals surface area contributed by atoms with E-state index in [9.17, 15) is 4.79 Å². The Labute approximate surface area is 93.4 Å². The van der Waals surface area contributed by atoms with Gasteiger partial charge in [-0.05, 0) is 32.6 Å². The van der Waals surface area contributed by atoms with Gasteiger partial charge in [0.25, 0.3) is 0 Å². The van der Waals surface area contributed by atoms with Crippen LogP contribution in [0.25, 0.3) is 0 Å². The van der Waals surface area contributed by atoms with E-state index in [-0.39, 0.29) is 6.03 Å². The summed E-state index contributed by atoms with van der Waals surface area (Å²) in [6.07, 6.45) is 5.97. The van der Waals surface area contributed by atoms with Crippen LogP contribution in [0.4, 0.5) is 4.79 Å². The lowest BCUT2D eigenvalue weighted by atomic mass is 9.99. The number of carbonyl (C=O) groups is 1. The molecule has 0 aromatic heterocycles. The van der Waals surface area contributed by atoms with Gasteiger partial charge in [-0.1, -0.05) is 13.3 Å². The van der Waals surface area contributed by atoms with Crippen LogP contribution in [0.15, 0.2) is 0 Å². The van der Waals surface area contributed by atoms with Crippen molar-refractivity contribution in [1.82, 2.24) is 9.80 Å². The van der Waals surface area contributed by atoms with Crippen molar-refractivity contribution >= 4 is 6.03 Å². The first-order chi connectivity index (χ1) is 7.20. The van der Waals surface area contributed by atoms with Gasteiger partial charge in [0, 0.05) is 26.2 Å². The first kappa shape index (κ1) is 12.3. The fourth-order valence-corrected chi connectivity index (χ4v) is 2.24. The Morgan fingerprint density at radius 3 is 2.73 bits per heavy atom. The molecule has 1 aliphatic heterocycles. The zero-order chi connectivity index (χ0) is 11.3. The monoisotopic (exact) mass is 212 g/mol. The van der Waals surface area contributed by atoms with Gasteiger partial charge in [0.1, 0.15) is 0 Å². The van der Waals surface area contributed by atoms with Crippen molar-refractivity contribution in [3.63, 3.8) is 0 Å². The Balaban J connectivity index is 2.58. The Morgan fingerprint density at radius 1 is 1.40 bits per heavy atom. The van der Waals surface area contributed by atoms with Gasteiger partial charge in [-0.3, -0.25) is 0 Å². The molecule has 0 spiro atoms. The summed E-state index contributed by atoms with van der Waals surface area (Å²) in [4.78, 5) is 16.0. The second-order valence-electron chi connectivity index (χ2n) is 4.43. The predicted octanol–water partition coefficient (Wildman–Crippen LogP) is 2.71. The van der Waals surface area contributed by atoms with Crippen LogP contribution >= 0.6 is 0 Å². The van der Waals surface area contributed by atoms with Gasteiger partial charge in [0.2, 0.25) is 0 Å². The van der Waals surface area contributed by atoms with Crippen molar-refractivity contribution in [2.75, 3.05) is 20.1 Å². The fourth-order valence-electron chi connectivity index (χ4n) is 2.24. The van der Waals surface area contributed by atoms with Gasteiger partial charge >= 0.3 is 6.03 Å². The number of nitrogens with zero attached hydrogens (tertiary/aromatic N) is 2. The molecule has 0 aromatic rings. The molecule has 15 heavy (non-hydrogen) atoms. The smallest absolute Gasteiger partial charge is 0.319 e. The van der Waals surface area contributed by atoms with Gasteiger partial charge in [0.05, 0.1) is 0 Å². The van der Waals surface area contributed by atoms with Gasteiger partial charge in [-0.15, -0.1) is 0 Å². The average Bonchev–Trinajstić information content (AvgIpc) is 2.28. The molecule has 0 aliphatic carbocycles. The molecule has 0 radical (unpaired) electrons. The highest BCUT2D eigenvalue weighted by molar-refractivity contribution is 5.74. The maximum Gasteiger partial charge on any atom is 0.319 e. The Hall–Kier alpha value is -0.730. The molecule has 1 atom stereocenters. The van der Waals surface area contributed by atoms with Crippen LogP contribution < -0.4 is 0 Å². The number of amides is 2. The van der Waals surface area contributed by atoms with E-state index in [2.05, 4.69) is 11.8 Å². The van der Waals surface area contributed by atoms with Crippen molar-refractivity contribution < 1.29 is 4.79 Å². The van der Waals surface area contributed by atoms with Crippen molar-refractivity contribution in [2.45, 2.75) is 52.0 Å². The standard InChI is InChI=1S/C12H24N2O/c1-4-8-11-9-6-7-10-14(11)12(15)13(3)5-2/h11H,4-10H2,1-3H3. The molecule has 1 aliphatic rings. The van der Waals surface area contributed by atoms with Crippen molar-refractivity contribution in [3.05, 3.63) is 0 Å². The Kier molecular flexibility index (Phi) is 4.92. The lowest BCUT2D eigenvalue weighted by molar-refractivity contribution is 0.120. The Bertz CT molecular complexity index is 204. The van der Waals surface area contributed by atoms with Gasteiger partial charge in [-0.25, -0.2) is 4.79 Å². The van der Waals surface area contributed by atoms with E-state index in [1.807, 2.05) is 18.9 Å². The van der Waals surface area contributed by atoms with E-state index < -0.39 is 0 Å². The highest BCUT2D eigenvalue weighted by atomic mass is 16.2. The zero-order valence-electron chi connectivity index (χ0n) is 10.3. The number of piperidine rings is 1. The van der Waals surface area contributed by atoms with E-state index >= 15 is 0 Å². The number of hydrogen-bond donors (Lipinski definition) is 0. The first-order valence-corrected chi connectivity index (χ1v) is 6.22. The summed E-state index contributed by atoms with van der Waals surface area (Å²) in [6, 6.07) is 0.709.